The lowest BCUT2D eigenvalue weighted by Crippen LogP contribution is -2.50. The molecular formula is C17H18ClN3O. The van der Waals surface area contributed by atoms with E-state index in [1.807, 2.05) is 6.08 Å². The molecule has 0 aromatic carbocycles. The van der Waals surface area contributed by atoms with Crippen molar-refractivity contribution in [1.82, 2.24) is 10.3 Å². The zero-order valence-corrected chi connectivity index (χ0v) is 13.0. The van der Waals surface area contributed by atoms with Gasteiger partial charge >= 0.3 is 0 Å². The number of aromatic nitrogens is 1. The molecular weight excluding hydrogens is 298 g/mol. The first-order chi connectivity index (χ1) is 10.6. The fraction of sp³-hybridized carbons (Fsp3) is 0.353. The maximum absolute atomic E-state index is 12.5. The minimum absolute atomic E-state index is 0.0534. The molecule has 5 heteroatoms. The van der Waals surface area contributed by atoms with E-state index < -0.39 is 0 Å². The minimum atomic E-state index is 0.0534. The summed E-state index contributed by atoms with van der Waals surface area (Å²) < 4.78 is 0. The molecule has 2 heterocycles. The summed E-state index contributed by atoms with van der Waals surface area (Å²) in [6, 6.07) is 0.292. The van der Waals surface area contributed by atoms with Gasteiger partial charge < -0.3 is 16.0 Å². The molecule has 1 aromatic heterocycles. The molecule has 1 saturated carbocycles. The van der Waals surface area contributed by atoms with E-state index in [1.165, 1.54) is 0 Å². The van der Waals surface area contributed by atoms with Gasteiger partial charge in [-0.1, -0.05) is 18.2 Å². The van der Waals surface area contributed by atoms with E-state index in [0.717, 1.165) is 59.3 Å². The first-order valence-corrected chi connectivity index (χ1v) is 8.01. The van der Waals surface area contributed by atoms with Gasteiger partial charge in [-0.05, 0) is 49.1 Å². The molecule has 3 aliphatic rings. The first-order valence-electron chi connectivity index (χ1n) is 7.63. The number of hydrogen-bond donors (Lipinski definition) is 3. The highest BCUT2D eigenvalue weighted by Crippen LogP contribution is 2.46. The van der Waals surface area contributed by atoms with Crippen molar-refractivity contribution in [1.29, 1.82) is 0 Å². The smallest absolute Gasteiger partial charge is 0.253 e. The molecule has 2 unspecified atom stereocenters. The molecule has 0 spiro atoms. The number of nitrogens with one attached hydrogen (secondary N) is 2. The van der Waals surface area contributed by atoms with Gasteiger partial charge in [-0.15, -0.1) is 0 Å². The molecule has 1 aromatic rings. The van der Waals surface area contributed by atoms with Gasteiger partial charge in [0.25, 0.3) is 5.91 Å². The van der Waals surface area contributed by atoms with Crippen LogP contribution < -0.4 is 11.1 Å². The number of H-pyrrole nitrogens is 1. The molecule has 0 bridgehead atoms. The lowest BCUT2D eigenvalue weighted by Gasteiger charge is -2.40. The van der Waals surface area contributed by atoms with Gasteiger partial charge in [0.15, 0.2) is 0 Å². The van der Waals surface area contributed by atoms with Crippen LogP contribution in [0.3, 0.4) is 0 Å². The maximum Gasteiger partial charge on any atom is 0.253 e. The van der Waals surface area contributed by atoms with Crippen molar-refractivity contribution in [3.8, 4) is 0 Å². The summed E-state index contributed by atoms with van der Waals surface area (Å²) in [5.41, 5.74) is 11.8. The Morgan fingerprint density at radius 2 is 2.18 bits per heavy atom. The van der Waals surface area contributed by atoms with Crippen LogP contribution >= 0.6 is 11.6 Å². The zero-order chi connectivity index (χ0) is 15.4. The number of nitrogens with two attached hydrogens (primary N) is 1. The average Bonchev–Trinajstić information content (AvgIpc) is 2.82. The summed E-state index contributed by atoms with van der Waals surface area (Å²) in [7, 11) is 0. The third-order valence-electron chi connectivity index (χ3n) is 5.08. The molecule has 4 rings (SSSR count). The Labute approximate surface area is 134 Å². The summed E-state index contributed by atoms with van der Waals surface area (Å²) in [4.78, 5) is 16.0. The fourth-order valence-corrected chi connectivity index (χ4v) is 3.99. The van der Waals surface area contributed by atoms with Crippen LogP contribution in [0.15, 0.2) is 29.5 Å². The van der Waals surface area contributed by atoms with Gasteiger partial charge in [-0.3, -0.25) is 4.79 Å². The number of allylic oxidation sites excluding steroid dienone is 4. The normalized spacial score (nSPS) is 29.4. The van der Waals surface area contributed by atoms with Crippen LogP contribution in [0.25, 0.3) is 5.57 Å². The number of aromatic amines is 1. The highest BCUT2D eigenvalue weighted by Gasteiger charge is 2.43. The topological polar surface area (TPSA) is 70.9 Å². The third kappa shape index (κ3) is 1.80. The largest absolute Gasteiger partial charge is 0.404 e. The number of carbonyl (C=O) groups is 1. The quantitative estimate of drug-likeness (QED) is 0.745. The maximum atomic E-state index is 12.5. The van der Waals surface area contributed by atoms with Gasteiger partial charge in [0.2, 0.25) is 0 Å². The standard InChI is InChI=1S/C17H18ClN3O/c1-8(18)6-12-9(7-19)2-3-11-14-16(21-15(11)12)10-4-5-13(10)20-17(14)22/h6-7,10,13,21H,1-5,19H2,(H,20,22)/b9-7-,12-6+. The highest BCUT2D eigenvalue weighted by molar-refractivity contribution is 6.31. The molecule has 4 nitrogen and oxygen atoms in total. The summed E-state index contributed by atoms with van der Waals surface area (Å²) in [5.74, 6) is 0.474. The van der Waals surface area contributed by atoms with Crippen LogP contribution in [0, 0.1) is 0 Å². The van der Waals surface area contributed by atoms with Crippen LogP contribution in [0.4, 0.5) is 0 Å². The molecule has 114 valence electrons. The van der Waals surface area contributed by atoms with E-state index in [1.54, 1.807) is 6.20 Å². The molecule has 2 atom stereocenters. The Bertz CT molecular complexity index is 756. The van der Waals surface area contributed by atoms with Crippen LogP contribution in [-0.4, -0.2) is 16.9 Å². The third-order valence-corrected chi connectivity index (χ3v) is 5.19. The van der Waals surface area contributed by atoms with E-state index >= 15 is 0 Å². The van der Waals surface area contributed by atoms with Crippen molar-refractivity contribution in [2.75, 3.05) is 0 Å². The van der Waals surface area contributed by atoms with Gasteiger partial charge in [0.1, 0.15) is 0 Å². The number of hydrogen-bond acceptors (Lipinski definition) is 2. The van der Waals surface area contributed by atoms with Crippen LogP contribution in [0.1, 0.15) is 52.5 Å². The monoisotopic (exact) mass is 315 g/mol. The number of carbonyl (C=O) groups excluding carboxylic acids is 1. The van der Waals surface area contributed by atoms with E-state index in [-0.39, 0.29) is 5.91 Å². The molecule has 1 fully saturated rings. The molecule has 0 saturated heterocycles. The van der Waals surface area contributed by atoms with Gasteiger partial charge in [0.05, 0.1) is 11.3 Å². The predicted molar refractivity (Wildman–Crippen MR) is 87.6 cm³/mol. The highest BCUT2D eigenvalue weighted by atomic mass is 35.5. The van der Waals surface area contributed by atoms with Gasteiger partial charge in [-0.2, -0.15) is 0 Å². The van der Waals surface area contributed by atoms with Crippen LogP contribution in [0.5, 0.6) is 0 Å². The number of halogens is 1. The molecule has 0 radical (unpaired) electrons. The Morgan fingerprint density at radius 3 is 2.82 bits per heavy atom. The first kappa shape index (κ1) is 13.7. The van der Waals surface area contributed by atoms with Gasteiger partial charge in [0, 0.05) is 28.3 Å². The Kier molecular flexibility index (Phi) is 2.98. The van der Waals surface area contributed by atoms with Crippen molar-refractivity contribution in [2.24, 2.45) is 5.73 Å². The second kappa shape index (κ2) is 4.78. The summed E-state index contributed by atoms with van der Waals surface area (Å²) in [6.07, 6.45) is 7.27. The van der Waals surface area contributed by atoms with Crippen molar-refractivity contribution in [3.05, 3.63) is 52.0 Å². The zero-order valence-electron chi connectivity index (χ0n) is 12.2. The Morgan fingerprint density at radius 1 is 1.36 bits per heavy atom. The lowest BCUT2D eigenvalue weighted by molar-refractivity contribution is 0.0876. The SMILES string of the molecule is C=C(Cl)/C=C1\C(=C/N)CCc2c1[nH]c1c2C(=O)NC2CCC12. The molecule has 1 amide bonds. The average molecular weight is 316 g/mol. The predicted octanol–water partition coefficient (Wildman–Crippen LogP) is 2.93. The molecule has 2 aliphatic carbocycles. The Hall–Kier alpha value is -1.94. The summed E-state index contributed by atoms with van der Waals surface area (Å²) in [6.45, 7) is 3.75. The van der Waals surface area contributed by atoms with Crippen LogP contribution in [0.2, 0.25) is 0 Å². The van der Waals surface area contributed by atoms with Crippen molar-refractivity contribution >= 4 is 23.1 Å². The van der Waals surface area contributed by atoms with Crippen molar-refractivity contribution in [2.45, 2.75) is 37.6 Å². The van der Waals surface area contributed by atoms with E-state index in [9.17, 15) is 4.79 Å². The summed E-state index contributed by atoms with van der Waals surface area (Å²) in [5, 5.41) is 3.59. The second-order valence-corrected chi connectivity index (χ2v) is 6.71. The van der Waals surface area contributed by atoms with Crippen molar-refractivity contribution < 1.29 is 4.79 Å². The van der Waals surface area contributed by atoms with E-state index in [4.69, 9.17) is 17.3 Å². The minimum Gasteiger partial charge on any atom is -0.404 e. The fourth-order valence-electron chi connectivity index (χ4n) is 3.89. The molecule has 4 N–H and O–H groups in total. The van der Waals surface area contributed by atoms with Gasteiger partial charge in [-0.25, -0.2) is 0 Å². The Balaban J connectivity index is 1.92. The lowest BCUT2D eigenvalue weighted by atomic mass is 9.73. The van der Waals surface area contributed by atoms with Crippen LogP contribution in [-0.2, 0) is 6.42 Å². The molecule has 22 heavy (non-hydrogen) atoms. The summed E-state index contributed by atoms with van der Waals surface area (Å²) >= 11 is 5.99. The number of amides is 1. The van der Waals surface area contributed by atoms with Crippen molar-refractivity contribution in [3.63, 3.8) is 0 Å². The second-order valence-electron chi connectivity index (χ2n) is 6.23. The number of fused-ring (bicyclic) bond motifs is 5. The van der Waals surface area contributed by atoms with E-state index in [0.29, 0.717) is 17.0 Å². The van der Waals surface area contributed by atoms with E-state index in [2.05, 4.69) is 16.9 Å². The molecule has 1 aliphatic heterocycles. The number of rotatable bonds is 1.